The molecule has 0 radical (unpaired) electrons. The van der Waals surface area contributed by atoms with Gasteiger partial charge in [0.1, 0.15) is 0 Å². The molecule has 1 aromatic carbocycles. The molecule has 1 aliphatic heterocycles. The van der Waals surface area contributed by atoms with Crippen molar-refractivity contribution in [1.29, 1.82) is 0 Å². The van der Waals surface area contributed by atoms with Crippen LogP contribution < -0.4 is 4.72 Å². The van der Waals surface area contributed by atoms with E-state index < -0.39 is 0 Å². The van der Waals surface area contributed by atoms with Gasteiger partial charge in [0.25, 0.3) is 0 Å². The maximum atomic E-state index is 3.44. The van der Waals surface area contributed by atoms with Gasteiger partial charge in [0.05, 0.1) is 11.2 Å². The number of H-pyrrole nitrogens is 1. The molecular formula is C13H14N2S. The van der Waals surface area contributed by atoms with Gasteiger partial charge in [0.2, 0.25) is 0 Å². The number of aromatic nitrogens is 1. The molecule has 2 N–H and O–H groups in total. The maximum Gasteiger partial charge on any atom is 0.0761 e. The summed E-state index contributed by atoms with van der Waals surface area (Å²) in [6.45, 7) is 2.21. The van der Waals surface area contributed by atoms with Crippen LogP contribution in [0, 0.1) is 0 Å². The summed E-state index contributed by atoms with van der Waals surface area (Å²) in [5.74, 6) is 0. The second-order valence-corrected chi connectivity index (χ2v) is 4.97. The molecule has 82 valence electrons. The average Bonchev–Trinajstić information content (AvgIpc) is 2.77. The normalized spacial score (nSPS) is 14.4. The number of fused-ring (bicyclic) bond motifs is 3. The van der Waals surface area contributed by atoms with Crippen LogP contribution in [0.25, 0.3) is 17.0 Å². The van der Waals surface area contributed by atoms with E-state index in [-0.39, 0.29) is 0 Å². The van der Waals surface area contributed by atoms with E-state index in [1.807, 2.05) is 6.20 Å². The second kappa shape index (κ2) is 3.91. The molecule has 0 saturated carbocycles. The third-order valence-electron chi connectivity index (χ3n) is 2.86. The van der Waals surface area contributed by atoms with Gasteiger partial charge in [0, 0.05) is 22.1 Å². The van der Waals surface area contributed by atoms with E-state index in [1.165, 1.54) is 33.5 Å². The summed E-state index contributed by atoms with van der Waals surface area (Å²) >= 11 is 1.74. The molecule has 3 heteroatoms. The molecule has 0 aliphatic carbocycles. The number of allylic oxidation sites excluding steroid dienone is 1. The number of hydrogen-bond donors (Lipinski definition) is 2. The highest BCUT2D eigenvalue weighted by atomic mass is 32.2. The quantitative estimate of drug-likeness (QED) is 0.749. The van der Waals surface area contributed by atoms with Crippen molar-refractivity contribution in [2.45, 2.75) is 19.8 Å². The highest BCUT2D eigenvalue weighted by molar-refractivity contribution is 8.04. The molecule has 3 rings (SSSR count). The summed E-state index contributed by atoms with van der Waals surface area (Å²) in [6.07, 6.45) is 6.63. The van der Waals surface area contributed by atoms with Crippen molar-refractivity contribution in [3.8, 4) is 0 Å². The van der Waals surface area contributed by atoms with Crippen LogP contribution in [0.2, 0.25) is 0 Å². The Hall–Kier alpha value is -1.35. The summed E-state index contributed by atoms with van der Waals surface area (Å²) in [6, 6.07) is 6.46. The first-order valence-electron chi connectivity index (χ1n) is 5.62. The Kier molecular flexibility index (Phi) is 2.40. The highest BCUT2D eigenvalue weighted by Crippen LogP contribution is 2.38. The standard InChI is InChI=1S/C13H14N2S/c1-2-3-11-8-10-5-4-9-6-7-14-12(9)13(10)15-16-11/h4-8,14-15H,2-3H2,1H3. The zero-order chi connectivity index (χ0) is 11.0. The Labute approximate surface area is 99.3 Å². The zero-order valence-corrected chi connectivity index (χ0v) is 10.0. The largest absolute Gasteiger partial charge is 0.359 e. The van der Waals surface area contributed by atoms with Gasteiger partial charge in [-0.1, -0.05) is 25.5 Å². The number of rotatable bonds is 2. The average molecular weight is 230 g/mol. The van der Waals surface area contributed by atoms with Gasteiger partial charge in [0.15, 0.2) is 0 Å². The van der Waals surface area contributed by atoms with E-state index in [2.05, 4.69) is 40.9 Å². The minimum absolute atomic E-state index is 1.15. The van der Waals surface area contributed by atoms with Gasteiger partial charge in [-0.3, -0.25) is 0 Å². The number of aromatic amines is 1. The zero-order valence-electron chi connectivity index (χ0n) is 9.21. The first-order valence-corrected chi connectivity index (χ1v) is 6.43. The molecular weight excluding hydrogens is 216 g/mol. The van der Waals surface area contributed by atoms with Crippen molar-refractivity contribution in [2.24, 2.45) is 0 Å². The van der Waals surface area contributed by atoms with Crippen molar-refractivity contribution < 1.29 is 0 Å². The summed E-state index contributed by atoms with van der Waals surface area (Å²) < 4.78 is 3.44. The summed E-state index contributed by atoms with van der Waals surface area (Å²) in [5.41, 5.74) is 3.71. The lowest BCUT2D eigenvalue weighted by Crippen LogP contribution is -1.98. The van der Waals surface area contributed by atoms with Gasteiger partial charge in [-0.2, -0.15) is 0 Å². The highest BCUT2D eigenvalue weighted by Gasteiger charge is 2.13. The number of nitrogens with one attached hydrogen (secondary N) is 2. The monoisotopic (exact) mass is 230 g/mol. The van der Waals surface area contributed by atoms with E-state index >= 15 is 0 Å². The van der Waals surface area contributed by atoms with Crippen molar-refractivity contribution in [2.75, 3.05) is 4.72 Å². The van der Waals surface area contributed by atoms with Gasteiger partial charge in [-0.25, -0.2) is 0 Å². The third-order valence-corrected chi connectivity index (χ3v) is 3.75. The lowest BCUT2D eigenvalue weighted by atomic mass is 10.1. The molecule has 0 bridgehead atoms. The van der Waals surface area contributed by atoms with Crippen LogP contribution in [0.4, 0.5) is 5.69 Å². The fourth-order valence-electron chi connectivity index (χ4n) is 2.06. The molecule has 0 saturated heterocycles. The molecule has 16 heavy (non-hydrogen) atoms. The molecule has 0 atom stereocenters. The Balaban J connectivity index is 2.12. The third kappa shape index (κ3) is 1.52. The molecule has 0 spiro atoms. The van der Waals surface area contributed by atoms with E-state index in [0.717, 1.165) is 6.42 Å². The van der Waals surface area contributed by atoms with Crippen LogP contribution in [0.3, 0.4) is 0 Å². The van der Waals surface area contributed by atoms with E-state index in [4.69, 9.17) is 0 Å². The fourth-order valence-corrected chi connectivity index (χ4v) is 3.01. The smallest absolute Gasteiger partial charge is 0.0761 e. The van der Waals surface area contributed by atoms with Crippen LogP contribution in [-0.4, -0.2) is 4.98 Å². The topological polar surface area (TPSA) is 27.8 Å². The van der Waals surface area contributed by atoms with Gasteiger partial charge >= 0.3 is 0 Å². The van der Waals surface area contributed by atoms with Crippen molar-refractivity contribution >= 4 is 34.6 Å². The minimum atomic E-state index is 1.15. The second-order valence-electron chi connectivity index (χ2n) is 4.04. The fraction of sp³-hybridized carbons (Fsp3) is 0.231. The van der Waals surface area contributed by atoms with E-state index in [0.29, 0.717) is 0 Å². The van der Waals surface area contributed by atoms with Crippen LogP contribution in [-0.2, 0) is 0 Å². The van der Waals surface area contributed by atoms with Crippen molar-refractivity contribution in [3.05, 3.63) is 34.9 Å². The SMILES string of the molecule is CCCC1=Cc2ccc3cc[nH]c3c2NS1. The molecule has 1 aromatic heterocycles. The Bertz CT molecular complexity index is 554. The lowest BCUT2D eigenvalue weighted by molar-refractivity contribution is 0.951. The van der Waals surface area contributed by atoms with Crippen LogP contribution in [0.1, 0.15) is 25.3 Å². The predicted molar refractivity (Wildman–Crippen MR) is 72.4 cm³/mol. The van der Waals surface area contributed by atoms with Crippen LogP contribution in [0.5, 0.6) is 0 Å². The Morgan fingerprint density at radius 2 is 2.19 bits per heavy atom. The summed E-state index contributed by atoms with van der Waals surface area (Å²) in [5, 5.41) is 1.26. The van der Waals surface area contributed by atoms with E-state index in [1.54, 1.807) is 11.9 Å². The number of benzene rings is 1. The molecule has 0 unspecified atom stereocenters. The van der Waals surface area contributed by atoms with Crippen molar-refractivity contribution in [3.63, 3.8) is 0 Å². The number of hydrogen-bond acceptors (Lipinski definition) is 2. The molecule has 2 aromatic rings. The number of anilines is 1. The van der Waals surface area contributed by atoms with Crippen molar-refractivity contribution in [1.82, 2.24) is 4.98 Å². The van der Waals surface area contributed by atoms with Gasteiger partial charge in [-0.15, -0.1) is 0 Å². The molecule has 2 nitrogen and oxygen atoms in total. The molecule has 0 fully saturated rings. The first kappa shape index (κ1) is 9.85. The Morgan fingerprint density at radius 1 is 1.25 bits per heavy atom. The summed E-state index contributed by atoms with van der Waals surface area (Å²) in [7, 11) is 0. The molecule has 0 amide bonds. The van der Waals surface area contributed by atoms with E-state index in [9.17, 15) is 0 Å². The van der Waals surface area contributed by atoms with Gasteiger partial charge in [-0.05, 0) is 30.5 Å². The van der Waals surface area contributed by atoms with Crippen LogP contribution >= 0.6 is 11.9 Å². The summed E-state index contributed by atoms with van der Waals surface area (Å²) in [4.78, 5) is 4.71. The molecule has 1 aliphatic rings. The van der Waals surface area contributed by atoms with Gasteiger partial charge < -0.3 is 9.71 Å². The lowest BCUT2D eigenvalue weighted by Gasteiger charge is -2.17. The minimum Gasteiger partial charge on any atom is -0.359 e. The first-order chi connectivity index (χ1) is 7.88. The molecule has 2 heterocycles. The Morgan fingerprint density at radius 3 is 3.06 bits per heavy atom. The maximum absolute atomic E-state index is 3.44. The van der Waals surface area contributed by atoms with Crippen LogP contribution in [0.15, 0.2) is 29.3 Å². The predicted octanol–water partition coefficient (Wildman–Crippen LogP) is 4.38.